The van der Waals surface area contributed by atoms with Gasteiger partial charge in [-0.15, -0.1) is 0 Å². The molecule has 31 heavy (non-hydrogen) atoms. The van der Waals surface area contributed by atoms with Crippen molar-refractivity contribution < 1.29 is 18.8 Å². The average molecular weight is 471 g/mol. The molecule has 1 aliphatic rings. The summed E-state index contributed by atoms with van der Waals surface area (Å²) in [5, 5.41) is 13.1. The smallest absolute Gasteiger partial charge is 0.294 e. The first-order valence-electron chi connectivity index (χ1n) is 8.70. The second kappa shape index (κ2) is 8.89. The van der Waals surface area contributed by atoms with Crippen molar-refractivity contribution in [1.82, 2.24) is 9.88 Å². The number of carbonyl (C=O) groups excluding carboxylic acids is 3. The Morgan fingerprint density at radius 3 is 2.77 bits per heavy atom. The summed E-state index contributed by atoms with van der Waals surface area (Å²) in [5.41, 5.74) is 1.23. The number of hydrogen-bond donors (Lipinski definition) is 1. The Morgan fingerprint density at radius 1 is 1.26 bits per heavy atom. The summed E-state index contributed by atoms with van der Waals surface area (Å²) in [7, 11) is 0. The standard InChI is InChI=1S/C20H11FN4O3S3/c21-12-3-1-11(2-4-12)7-16-18(27)25(20(28)31-16)9-17(26)24-19-23-14-6-5-13(29-10-22)8-15(14)30-19/h1-8H,9H2,(H,23,24,26)/b16-7+. The highest BCUT2D eigenvalue weighted by atomic mass is 32.2. The summed E-state index contributed by atoms with van der Waals surface area (Å²) in [5.74, 6) is -1.55. The van der Waals surface area contributed by atoms with Crippen molar-refractivity contribution in [3.8, 4) is 5.40 Å². The minimum atomic E-state index is -0.586. The molecular weight excluding hydrogens is 459 g/mol. The van der Waals surface area contributed by atoms with E-state index in [1.807, 2.05) is 5.40 Å². The number of nitrogens with zero attached hydrogens (tertiary/aromatic N) is 3. The summed E-state index contributed by atoms with van der Waals surface area (Å²) >= 11 is 2.98. The minimum absolute atomic E-state index is 0.159. The Hall–Kier alpha value is -3.20. The highest BCUT2D eigenvalue weighted by Crippen LogP contribution is 2.33. The molecule has 3 amide bonds. The van der Waals surface area contributed by atoms with Gasteiger partial charge in [-0.05, 0) is 65.5 Å². The normalized spacial score (nSPS) is 15.0. The average Bonchev–Trinajstić information content (AvgIpc) is 3.24. The van der Waals surface area contributed by atoms with E-state index in [2.05, 4.69) is 10.3 Å². The van der Waals surface area contributed by atoms with Crippen molar-refractivity contribution >= 4 is 73.3 Å². The maximum absolute atomic E-state index is 13.0. The Kier molecular flexibility index (Phi) is 6.03. The quantitative estimate of drug-likeness (QED) is 0.328. The summed E-state index contributed by atoms with van der Waals surface area (Å²) in [6.07, 6.45) is 1.48. The number of aromatic nitrogens is 1. The number of anilines is 1. The summed E-state index contributed by atoms with van der Waals surface area (Å²) in [6.45, 7) is -0.448. The molecule has 0 atom stereocenters. The number of rotatable bonds is 5. The van der Waals surface area contributed by atoms with Gasteiger partial charge in [-0.25, -0.2) is 9.37 Å². The second-order valence-electron chi connectivity index (χ2n) is 6.21. The number of thiazole rings is 1. The van der Waals surface area contributed by atoms with Crippen molar-refractivity contribution in [2.75, 3.05) is 11.9 Å². The molecule has 7 nitrogen and oxygen atoms in total. The molecule has 4 rings (SSSR count). The van der Waals surface area contributed by atoms with E-state index < -0.39 is 29.4 Å². The van der Waals surface area contributed by atoms with E-state index in [-0.39, 0.29) is 4.91 Å². The maximum atomic E-state index is 13.0. The van der Waals surface area contributed by atoms with Gasteiger partial charge in [0, 0.05) is 4.90 Å². The van der Waals surface area contributed by atoms with Gasteiger partial charge in [0.2, 0.25) is 5.91 Å². The van der Waals surface area contributed by atoms with Crippen LogP contribution >= 0.6 is 34.9 Å². The van der Waals surface area contributed by atoms with Crippen LogP contribution in [-0.2, 0) is 9.59 Å². The largest absolute Gasteiger partial charge is 0.300 e. The van der Waals surface area contributed by atoms with E-state index in [1.165, 1.54) is 41.7 Å². The number of benzene rings is 2. The van der Waals surface area contributed by atoms with Crippen molar-refractivity contribution in [3.63, 3.8) is 0 Å². The summed E-state index contributed by atoms with van der Waals surface area (Å²) in [6, 6.07) is 10.8. The van der Waals surface area contributed by atoms with E-state index in [0.717, 1.165) is 38.0 Å². The number of thiocyanates is 1. The Balaban J connectivity index is 1.44. The van der Waals surface area contributed by atoms with E-state index >= 15 is 0 Å². The van der Waals surface area contributed by atoms with Crippen LogP contribution in [0.15, 0.2) is 52.3 Å². The van der Waals surface area contributed by atoms with Crippen molar-refractivity contribution in [2.24, 2.45) is 0 Å². The number of hydrogen-bond acceptors (Lipinski definition) is 8. The molecule has 0 bridgehead atoms. The Morgan fingerprint density at radius 2 is 2.03 bits per heavy atom. The Bertz CT molecular complexity index is 1280. The van der Waals surface area contributed by atoms with Crippen molar-refractivity contribution in [3.05, 3.63) is 58.8 Å². The van der Waals surface area contributed by atoms with Crippen LogP contribution in [0, 0.1) is 16.5 Å². The predicted molar refractivity (Wildman–Crippen MR) is 119 cm³/mol. The molecule has 0 radical (unpaired) electrons. The van der Waals surface area contributed by atoms with Crippen molar-refractivity contribution in [1.29, 1.82) is 5.26 Å². The minimum Gasteiger partial charge on any atom is -0.300 e. The van der Waals surface area contributed by atoms with Gasteiger partial charge in [0.25, 0.3) is 11.1 Å². The highest BCUT2D eigenvalue weighted by molar-refractivity contribution is 8.18. The van der Waals surface area contributed by atoms with Crippen molar-refractivity contribution in [2.45, 2.75) is 4.90 Å². The number of nitriles is 1. The lowest BCUT2D eigenvalue weighted by Crippen LogP contribution is -2.36. The van der Waals surface area contributed by atoms with Gasteiger partial charge in [-0.3, -0.25) is 19.3 Å². The third-order valence-electron chi connectivity index (χ3n) is 4.11. The summed E-state index contributed by atoms with van der Waals surface area (Å²) in [4.78, 5) is 43.2. The topological polar surface area (TPSA) is 103 Å². The molecule has 0 saturated carbocycles. The number of nitrogens with one attached hydrogen (secondary N) is 1. The van der Waals surface area contributed by atoms with E-state index in [1.54, 1.807) is 18.2 Å². The molecule has 3 aromatic rings. The summed E-state index contributed by atoms with van der Waals surface area (Å²) < 4.78 is 13.8. The van der Waals surface area contributed by atoms with Crippen LogP contribution in [-0.4, -0.2) is 33.5 Å². The number of amides is 3. The van der Waals surface area contributed by atoms with E-state index in [0.29, 0.717) is 16.2 Å². The van der Waals surface area contributed by atoms with Gasteiger partial charge < -0.3 is 5.32 Å². The Labute approximate surface area is 187 Å². The molecule has 0 unspecified atom stereocenters. The first-order valence-corrected chi connectivity index (χ1v) is 11.2. The van der Waals surface area contributed by atoms with Gasteiger partial charge in [0.15, 0.2) is 5.13 Å². The van der Waals surface area contributed by atoms with E-state index in [9.17, 15) is 18.8 Å². The molecule has 11 heteroatoms. The van der Waals surface area contributed by atoms with Crippen LogP contribution < -0.4 is 5.32 Å². The van der Waals surface area contributed by atoms with Gasteiger partial charge in [-0.2, -0.15) is 5.26 Å². The third-order valence-corrected chi connectivity index (χ3v) is 6.53. The molecule has 2 aromatic carbocycles. The molecule has 1 saturated heterocycles. The second-order valence-corrected chi connectivity index (χ2v) is 9.09. The molecule has 1 fully saturated rings. The highest BCUT2D eigenvalue weighted by Gasteiger charge is 2.36. The molecule has 1 aliphatic heterocycles. The molecule has 154 valence electrons. The maximum Gasteiger partial charge on any atom is 0.294 e. The lowest BCUT2D eigenvalue weighted by molar-refractivity contribution is -0.127. The zero-order valence-electron chi connectivity index (χ0n) is 15.5. The number of thioether (sulfide) groups is 2. The van der Waals surface area contributed by atoms with Crippen LogP contribution in [0.1, 0.15) is 5.56 Å². The fourth-order valence-electron chi connectivity index (χ4n) is 2.72. The van der Waals surface area contributed by atoms with Crippen LogP contribution in [0.5, 0.6) is 0 Å². The molecule has 2 heterocycles. The molecule has 1 aromatic heterocycles. The van der Waals surface area contributed by atoms with Crippen LogP contribution in [0.4, 0.5) is 14.3 Å². The number of carbonyl (C=O) groups is 3. The van der Waals surface area contributed by atoms with Gasteiger partial charge >= 0.3 is 0 Å². The molecule has 1 N–H and O–H groups in total. The lowest BCUT2D eigenvalue weighted by Gasteiger charge is -2.11. The van der Waals surface area contributed by atoms with Gasteiger partial charge in [0.05, 0.1) is 15.1 Å². The molecular formula is C20H11FN4O3S3. The number of imide groups is 1. The predicted octanol–water partition coefficient (Wildman–Crippen LogP) is 4.68. The zero-order valence-corrected chi connectivity index (χ0v) is 17.9. The number of halogens is 1. The van der Waals surface area contributed by atoms with Crippen LogP contribution in [0.25, 0.3) is 16.3 Å². The molecule has 0 spiro atoms. The monoisotopic (exact) mass is 470 g/mol. The third kappa shape index (κ3) is 4.77. The van der Waals surface area contributed by atoms with Gasteiger partial charge in [0.1, 0.15) is 17.8 Å². The van der Waals surface area contributed by atoms with Crippen LogP contribution in [0.2, 0.25) is 0 Å². The fourth-order valence-corrected chi connectivity index (χ4v) is 4.98. The zero-order chi connectivity index (χ0) is 22.0. The SMILES string of the molecule is N#CSc1ccc2nc(NC(=O)CN3C(=O)S/C(=C/c4ccc(F)cc4)C3=O)sc2c1. The lowest BCUT2D eigenvalue weighted by atomic mass is 10.2. The first-order chi connectivity index (χ1) is 14.9. The fraction of sp³-hybridized carbons (Fsp3) is 0.0500. The molecule has 0 aliphatic carbocycles. The van der Waals surface area contributed by atoms with E-state index in [4.69, 9.17) is 5.26 Å². The number of fused-ring (bicyclic) bond motifs is 1. The van der Waals surface area contributed by atoms with Gasteiger partial charge in [-0.1, -0.05) is 23.5 Å². The van der Waals surface area contributed by atoms with Crippen LogP contribution in [0.3, 0.4) is 0 Å². The first kappa shape index (κ1) is 21.0.